The highest BCUT2D eigenvalue weighted by atomic mass is 32.2. The average Bonchev–Trinajstić information content (AvgIpc) is 2.47. The fourth-order valence-electron chi connectivity index (χ4n) is 2.42. The van der Waals surface area contributed by atoms with Crippen LogP contribution in [0.5, 0.6) is 0 Å². The standard InChI is InChI=1S/C15H18F3NO2S/c1-11(9-14(20)19-5-7-22(21)8-6-19)12-3-2-4-13(10-12)15(16,17)18/h2-4,10-11H,5-9H2,1H3. The summed E-state index contributed by atoms with van der Waals surface area (Å²) < 4.78 is 49.4. The van der Waals surface area contributed by atoms with Crippen molar-refractivity contribution in [1.82, 2.24) is 4.90 Å². The van der Waals surface area contributed by atoms with Gasteiger partial charge in [-0.2, -0.15) is 13.2 Å². The topological polar surface area (TPSA) is 37.4 Å². The highest BCUT2D eigenvalue weighted by molar-refractivity contribution is 7.85. The first-order chi connectivity index (χ1) is 10.3. The van der Waals surface area contributed by atoms with Gasteiger partial charge in [0.2, 0.25) is 5.91 Å². The molecule has 0 aromatic heterocycles. The number of carbonyl (C=O) groups excluding carboxylic acids is 1. The number of amides is 1. The molecule has 1 unspecified atom stereocenters. The number of rotatable bonds is 3. The summed E-state index contributed by atoms with van der Waals surface area (Å²) in [6.45, 7) is 2.66. The van der Waals surface area contributed by atoms with E-state index in [1.807, 2.05) is 0 Å². The summed E-state index contributed by atoms with van der Waals surface area (Å²) in [6.07, 6.45) is -4.22. The van der Waals surface area contributed by atoms with Gasteiger partial charge in [-0.25, -0.2) is 0 Å². The zero-order valence-electron chi connectivity index (χ0n) is 12.2. The van der Waals surface area contributed by atoms with Crippen molar-refractivity contribution in [1.29, 1.82) is 0 Å². The lowest BCUT2D eigenvalue weighted by Gasteiger charge is -2.27. The lowest BCUT2D eigenvalue weighted by molar-refractivity contribution is -0.137. The minimum Gasteiger partial charge on any atom is -0.341 e. The number of carbonyl (C=O) groups is 1. The normalized spacial score (nSPS) is 18.3. The van der Waals surface area contributed by atoms with E-state index in [0.717, 1.165) is 12.1 Å². The summed E-state index contributed by atoms with van der Waals surface area (Å²) in [5, 5.41) is 0. The summed E-state index contributed by atoms with van der Waals surface area (Å²) in [7, 11) is -0.858. The van der Waals surface area contributed by atoms with Gasteiger partial charge < -0.3 is 4.90 Å². The van der Waals surface area contributed by atoms with E-state index in [1.165, 1.54) is 6.07 Å². The van der Waals surface area contributed by atoms with Gasteiger partial charge in [0, 0.05) is 41.8 Å². The molecule has 0 radical (unpaired) electrons. The van der Waals surface area contributed by atoms with Gasteiger partial charge in [0.05, 0.1) is 5.56 Å². The van der Waals surface area contributed by atoms with Crippen molar-refractivity contribution in [2.75, 3.05) is 24.6 Å². The highest BCUT2D eigenvalue weighted by Gasteiger charge is 2.31. The summed E-state index contributed by atoms with van der Waals surface area (Å²) in [4.78, 5) is 13.8. The molecule has 0 spiro atoms. The molecule has 1 aromatic rings. The Bertz CT molecular complexity index is 564. The zero-order valence-corrected chi connectivity index (χ0v) is 13.0. The van der Waals surface area contributed by atoms with Crippen LogP contribution in [0.2, 0.25) is 0 Å². The second kappa shape index (κ2) is 6.81. The highest BCUT2D eigenvalue weighted by Crippen LogP contribution is 2.31. The van der Waals surface area contributed by atoms with Crippen molar-refractivity contribution < 1.29 is 22.2 Å². The minimum atomic E-state index is -4.38. The quantitative estimate of drug-likeness (QED) is 0.853. The summed E-state index contributed by atoms with van der Waals surface area (Å²) >= 11 is 0. The molecule has 1 atom stereocenters. The molecule has 0 N–H and O–H groups in total. The number of halogens is 3. The summed E-state index contributed by atoms with van der Waals surface area (Å²) in [6, 6.07) is 5.10. The molecule has 1 aromatic carbocycles. The van der Waals surface area contributed by atoms with E-state index in [9.17, 15) is 22.2 Å². The largest absolute Gasteiger partial charge is 0.416 e. The SMILES string of the molecule is CC(CC(=O)N1CCS(=O)CC1)c1cccc(C(F)(F)F)c1. The molecule has 122 valence electrons. The maximum absolute atomic E-state index is 12.7. The fraction of sp³-hybridized carbons (Fsp3) is 0.533. The van der Waals surface area contributed by atoms with E-state index in [-0.39, 0.29) is 18.2 Å². The van der Waals surface area contributed by atoms with Crippen LogP contribution in [-0.2, 0) is 21.8 Å². The molecule has 22 heavy (non-hydrogen) atoms. The molecule has 0 bridgehead atoms. The van der Waals surface area contributed by atoms with E-state index in [0.29, 0.717) is 30.2 Å². The van der Waals surface area contributed by atoms with Gasteiger partial charge in [0.25, 0.3) is 0 Å². The Morgan fingerprint density at radius 1 is 1.32 bits per heavy atom. The third kappa shape index (κ3) is 4.32. The van der Waals surface area contributed by atoms with Crippen molar-refractivity contribution in [3.63, 3.8) is 0 Å². The molecule has 7 heteroatoms. The van der Waals surface area contributed by atoms with E-state index in [1.54, 1.807) is 17.9 Å². The maximum Gasteiger partial charge on any atom is 0.416 e. The van der Waals surface area contributed by atoms with Crippen molar-refractivity contribution in [3.8, 4) is 0 Å². The lowest BCUT2D eigenvalue weighted by atomic mass is 9.95. The fourth-order valence-corrected chi connectivity index (χ4v) is 3.47. The van der Waals surface area contributed by atoms with Crippen molar-refractivity contribution >= 4 is 16.7 Å². The molecule has 2 rings (SSSR count). The molecule has 1 aliphatic heterocycles. The van der Waals surface area contributed by atoms with Crippen LogP contribution in [0.1, 0.15) is 30.4 Å². The Labute approximate surface area is 130 Å². The Morgan fingerprint density at radius 3 is 2.55 bits per heavy atom. The van der Waals surface area contributed by atoms with Crippen molar-refractivity contribution in [3.05, 3.63) is 35.4 Å². The Balaban J connectivity index is 2.01. The molecule has 1 aliphatic rings. The van der Waals surface area contributed by atoms with E-state index >= 15 is 0 Å². The van der Waals surface area contributed by atoms with Gasteiger partial charge in [-0.15, -0.1) is 0 Å². The third-order valence-electron chi connectivity index (χ3n) is 3.79. The monoisotopic (exact) mass is 333 g/mol. The zero-order chi connectivity index (χ0) is 16.3. The third-order valence-corrected chi connectivity index (χ3v) is 5.07. The molecular weight excluding hydrogens is 315 g/mol. The summed E-state index contributed by atoms with van der Waals surface area (Å²) in [5.74, 6) is 0.566. The first-order valence-electron chi connectivity index (χ1n) is 7.07. The smallest absolute Gasteiger partial charge is 0.341 e. The molecule has 1 fully saturated rings. The Hall–Kier alpha value is -1.37. The number of nitrogens with zero attached hydrogens (tertiary/aromatic N) is 1. The first-order valence-corrected chi connectivity index (χ1v) is 8.56. The number of hydrogen-bond donors (Lipinski definition) is 0. The van der Waals surface area contributed by atoms with Crippen LogP contribution in [0.15, 0.2) is 24.3 Å². The van der Waals surface area contributed by atoms with E-state index < -0.39 is 22.5 Å². The van der Waals surface area contributed by atoms with Crippen molar-refractivity contribution in [2.45, 2.75) is 25.4 Å². The van der Waals surface area contributed by atoms with Gasteiger partial charge in [-0.05, 0) is 17.5 Å². The number of alkyl halides is 3. The van der Waals surface area contributed by atoms with Gasteiger partial charge in [-0.1, -0.05) is 25.1 Å². The number of hydrogen-bond acceptors (Lipinski definition) is 2. The van der Waals surface area contributed by atoms with Gasteiger partial charge in [0.1, 0.15) is 0 Å². The van der Waals surface area contributed by atoms with Crippen LogP contribution < -0.4 is 0 Å². The van der Waals surface area contributed by atoms with Crippen LogP contribution in [0, 0.1) is 0 Å². The van der Waals surface area contributed by atoms with Crippen LogP contribution in [0.4, 0.5) is 13.2 Å². The van der Waals surface area contributed by atoms with Gasteiger partial charge in [-0.3, -0.25) is 9.00 Å². The van der Waals surface area contributed by atoms with Gasteiger partial charge >= 0.3 is 6.18 Å². The molecule has 1 saturated heterocycles. The average molecular weight is 333 g/mol. The molecule has 1 amide bonds. The van der Waals surface area contributed by atoms with Crippen LogP contribution in [0.3, 0.4) is 0 Å². The van der Waals surface area contributed by atoms with Crippen molar-refractivity contribution in [2.24, 2.45) is 0 Å². The minimum absolute atomic E-state index is 0.0957. The number of benzene rings is 1. The van der Waals surface area contributed by atoms with Crippen LogP contribution in [0.25, 0.3) is 0 Å². The van der Waals surface area contributed by atoms with Gasteiger partial charge in [0.15, 0.2) is 0 Å². The Kier molecular flexibility index (Phi) is 5.26. The molecule has 0 aliphatic carbocycles. The Morgan fingerprint density at radius 2 is 1.95 bits per heavy atom. The van der Waals surface area contributed by atoms with E-state index in [4.69, 9.17) is 0 Å². The predicted molar refractivity (Wildman–Crippen MR) is 78.9 cm³/mol. The van der Waals surface area contributed by atoms with Crippen LogP contribution >= 0.6 is 0 Å². The lowest BCUT2D eigenvalue weighted by Crippen LogP contribution is -2.42. The molecule has 0 saturated carbocycles. The van der Waals surface area contributed by atoms with Crippen LogP contribution in [-0.4, -0.2) is 39.6 Å². The van der Waals surface area contributed by atoms with E-state index in [2.05, 4.69) is 0 Å². The molecule has 1 heterocycles. The molecular formula is C15H18F3NO2S. The summed E-state index contributed by atoms with van der Waals surface area (Å²) in [5.41, 5.74) is -0.193. The first kappa shape index (κ1) is 17.0. The second-order valence-corrected chi connectivity index (χ2v) is 7.15. The predicted octanol–water partition coefficient (Wildman–Crippen LogP) is 2.79. The maximum atomic E-state index is 12.7. The molecule has 3 nitrogen and oxygen atoms in total. The second-order valence-electron chi connectivity index (χ2n) is 5.46.